The Morgan fingerprint density at radius 1 is 1.11 bits per heavy atom. The first-order valence-corrected chi connectivity index (χ1v) is 10.3. The minimum Gasteiger partial charge on any atom is -0.344 e. The van der Waals surface area contributed by atoms with E-state index in [1.807, 2.05) is 4.90 Å². The SMILES string of the molecule is CC(C)c1nc(N2CCCC2C(=O)N2CCN(C)CC2)cc(C(C)(C)C)n1. The molecule has 3 heterocycles. The lowest BCUT2D eigenvalue weighted by Crippen LogP contribution is -2.53. The highest BCUT2D eigenvalue weighted by Crippen LogP contribution is 2.30. The maximum Gasteiger partial charge on any atom is 0.245 e. The van der Waals surface area contributed by atoms with E-state index in [9.17, 15) is 4.79 Å². The highest BCUT2D eigenvalue weighted by atomic mass is 16.2. The number of piperazine rings is 1. The van der Waals surface area contributed by atoms with Gasteiger partial charge < -0.3 is 14.7 Å². The topological polar surface area (TPSA) is 52.6 Å². The zero-order valence-electron chi connectivity index (χ0n) is 17.8. The van der Waals surface area contributed by atoms with Crippen LogP contribution >= 0.6 is 0 Å². The van der Waals surface area contributed by atoms with Gasteiger partial charge in [-0.3, -0.25) is 4.79 Å². The Labute approximate surface area is 164 Å². The summed E-state index contributed by atoms with van der Waals surface area (Å²) in [4.78, 5) is 29.4. The van der Waals surface area contributed by atoms with Gasteiger partial charge in [0.2, 0.25) is 5.91 Å². The van der Waals surface area contributed by atoms with Gasteiger partial charge in [-0.2, -0.15) is 0 Å². The fourth-order valence-electron chi connectivity index (χ4n) is 3.78. The molecule has 0 N–H and O–H groups in total. The predicted octanol–water partition coefficient (Wildman–Crippen LogP) is 2.64. The van der Waals surface area contributed by atoms with Crippen LogP contribution in [0.25, 0.3) is 0 Å². The Balaban J connectivity index is 1.88. The summed E-state index contributed by atoms with van der Waals surface area (Å²) in [6.45, 7) is 15.3. The van der Waals surface area contributed by atoms with Crippen LogP contribution in [0.15, 0.2) is 6.07 Å². The summed E-state index contributed by atoms with van der Waals surface area (Å²) >= 11 is 0. The molecule has 1 aromatic heterocycles. The van der Waals surface area contributed by atoms with Gasteiger partial charge in [0.25, 0.3) is 0 Å². The molecule has 150 valence electrons. The summed E-state index contributed by atoms with van der Waals surface area (Å²) in [5.41, 5.74) is 1.01. The first-order valence-electron chi connectivity index (χ1n) is 10.3. The monoisotopic (exact) mass is 373 g/mol. The molecule has 3 rings (SSSR count). The van der Waals surface area contributed by atoms with Crippen LogP contribution in [0.5, 0.6) is 0 Å². The van der Waals surface area contributed by atoms with Gasteiger partial charge in [0.15, 0.2) is 0 Å². The lowest BCUT2D eigenvalue weighted by atomic mass is 9.91. The van der Waals surface area contributed by atoms with E-state index in [2.05, 4.69) is 57.5 Å². The van der Waals surface area contributed by atoms with Crippen molar-refractivity contribution in [2.24, 2.45) is 0 Å². The molecule has 0 saturated carbocycles. The van der Waals surface area contributed by atoms with E-state index in [0.29, 0.717) is 0 Å². The Morgan fingerprint density at radius 2 is 1.78 bits per heavy atom. The van der Waals surface area contributed by atoms with Crippen molar-refractivity contribution in [1.82, 2.24) is 19.8 Å². The standard InChI is InChI=1S/C21H35N5O/c1-15(2)19-22-17(21(3,4)5)14-18(23-19)26-9-7-8-16(26)20(27)25-12-10-24(6)11-13-25/h14-16H,7-13H2,1-6H3. The second-order valence-corrected chi connectivity index (χ2v) is 9.35. The van der Waals surface area contributed by atoms with Gasteiger partial charge in [-0.05, 0) is 19.9 Å². The molecule has 2 saturated heterocycles. The fraction of sp³-hybridized carbons (Fsp3) is 0.762. The van der Waals surface area contributed by atoms with Crippen LogP contribution in [-0.4, -0.2) is 71.5 Å². The van der Waals surface area contributed by atoms with Crippen LogP contribution in [0, 0.1) is 0 Å². The minimum atomic E-state index is -0.0869. The van der Waals surface area contributed by atoms with E-state index < -0.39 is 0 Å². The van der Waals surface area contributed by atoms with Crippen LogP contribution in [0.1, 0.15) is 64.9 Å². The van der Waals surface area contributed by atoms with E-state index in [-0.39, 0.29) is 23.3 Å². The number of aromatic nitrogens is 2. The number of likely N-dealkylation sites (N-methyl/N-ethyl adjacent to an activating group) is 1. The van der Waals surface area contributed by atoms with E-state index in [1.54, 1.807) is 0 Å². The van der Waals surface area contributed by atoms with Crippen molar-refractivity contribution in [3.05, 3.63) is 17.6 Å². The average Bonchev–Trinajstić information content (AvgIpc) is 3.10. The van der Waals surface area contributed by atoms with Gasteiger partial charge in [-0.25, -0.2) is 9.97 Å². The second-order valence-electron chi connectivity index (χ2n) is 9.35. The third kappa shape index (κ3) is 4.42. The summed E-state index contributed by atoms with van der Waals surface area (Å²) in [5, 5.41) is 0. The minimum absolute atomic E-state index is 0.0436. The Morgan fingerprint density at radius 3 is 2.37 bits per heavy atom. The molecule has 0 aliphatic carbocycles. The number of anilines is 1. The number of nitrogens with zero attached hydrogens (tertiary/aromatic N) is 5. The van der Waals surface area contributed by atoms with Gasteiger partial charge >= 0.3 is 0 Å². The van der Waals surface area contributed by atoms with Crippen LogP contribution in [0.4, 0.5) is 5.82 Å². The van der Waals surface area contributed by atoms with Gasteiger partial charge in [-0.1, -0.05) is 34.6 Å². The molecule has 2 aliphatic rings. The molecule has 2 aliphatic heterocycles. The third-order valence-electron chi connectivity index (χ3n) is 5.66. The quantitative estimate of drug-likeness (QED) is 0.815. The van der Waals surface area contributed by atoms with Crippen molar-refractivity contribution in [3.8, 4) is 0 Å². The maximum absolute atomic E-state index is 13.2. The zero-order valence-corrected chi connectivity index (χ0v) is 17.8. The summed E-state index contributed by atoms with van der Waals surface area (Å²) in [6, 6.07) is 2.01. The molecule has 0 radical (unpaired) electrons. The van der Waals surface area contributed by atoms with E-state index in [1.165, 1.54) is 0 Å². The fourth-order valence-corrected chi connectivity index (χ4v) is 3.78. The molecule has 27 heavy (non-hydrogen) atoms. The van der Waals surface area contributed by atoms with Gasteiger partial charge in [0, 0.05) is 50.1 Å². The zero-order chi connectivity index (χ0) is 19.8. The van der Waals surface area contributed by atoms with Crippen LogP contribution in [-0.2, 0) is 10.2 Å². The van der Waals surface area contributed by atoms with Crippen molar-refractivity contribution < 1.29 is 4.79 Å². The highest BCUT2D eigenvalue weighted by molar-refractivity contribution is 5.85. The summed E-state index contributed by atoms with van der Waals surface area (Å²) in [6.07, 6.45) is 1.95. The first-order chi connectivity index (χ1) is 12.7. The van der Waals surface area contributed by atoms with E-state index in [4.69, 9.17) is 9.97 Å². The molecule has 1 amide bonds. The van der Waals surface area contributed by atoms with Crippen LogP contribution < -0.4 is 4.90 Å². The highest BCUT2D eigenvalue weighted by Gasteiger charge is 2.36. The second kappa shape index (κ2) is 7.74. The lowest BCUT2D eigenvalue weighted by Gasteiger charge is -2.36. The first kappa shape index (κ1) is 20.1. The smallest absolute Gasteiger partial charge is 0.245 e. The molecule has 6 nitrogen and oxygen atoms in total. The van der Waals surface area contributed by atoms with E-state index in [0.717, 1.165) is 62.9 Å². The number of rotatable bonds is 3. The normalized spacial score (nSPS) is 22.0. The molecule has 1 unspecified atom stereocenters. The van der Waals surface area contributed by atoms with Gasteiger partial charge in [0.1, 0.15) is 17.7 Å². The van der Waals surface area contributed by atoms with Crippen molar-refractivity contribution in [2.45, 2.75) is 64.8 Å². The Kier molecular flexibility index (Phi) is 5.75. The number of hydrogen-bond acceptors (Lipinski definition) is 5. The molecular weight excluding hydrogens is 338 g/mol. The Bertz CT molecular complexity index is 674. The van der Waals surface area contributed by atoms with Crippen molar-refractivity contribution in [1.29, 1.82) is 0 Å². The van der Waals surface area contributed by atoms with Crippen molar-refractivity contribution in [2.75, 3.05) is 44.7 Å². The summed E-state index contributed by atoms with van der Waals surface area (Å²) < 4.78 is 0. The molecular formula is C21H35N5O. The number of carbonyl (C=O) groups excluding carboxylic acids is 1. The maximum atomic E-state index is 13.2. The summed E-state index contributed by atoms with van der Waals surface area (Å²) in [7, 11) is 2.12. The Hall–Kier alpha value is -1.69. The lowest BCUT2D eigenvalue weighted by molar-refractivity contribution is -0.134. The molecule has 0 bridgehead atoms. The van der Waals surface area contributed by atoms with Crippen LogP contribution in [0.2, 0.25) is 0 Å². The van der Waals surface area contributed by atoms with Gasteiger partial charge in [-0.15, -0.1) is 0 Å². The largest absolute Gasteiger partial charge is 0.344 e. The predicted molar refractivity (Wildman–Crippen MR) is 109 cm³/mol. The van der Waals surface area contributed by atoms with Crippen LogP contribution in [0.3, 0.4) is 0 Å². The molecule has 6 heteroatoms. The van der Waals surface area contributed by atoms with E-state index >= 15 is 0 Å². The van der Waals surface area contributed by atoms with Gasteiger partial charge in [0.05, 0.1) is 5.69 Å². The number of amides is 1. The van der Waals surface area contributed by atoms with Crippen molar-refractivity contribution >= 4 is 11.7 Å². The average molecular weight is 374 g/mol. The molecule has 0 aromatic carbocycles. The molecule has 0 spiro atoms. The third-order valence-corrected chi connectivity index (χ3v) is 5.66. The molecule has 1 aromatic rings. The number of carbonyl (C=O) groups is 1. The number of hydrogen-bond donors (Lipinski definition) is 0. The molecule has 1 atom stereocenters. The van der Waals surface area contributed by atoms with Crippen molar-refractivity contribution in [3.63, 3.8) is 0 Å². The molecule has 2 fully saturated rings. The summed E-state index contributed by atoms with van der Waals surface area (Å²) in [5.74, 6) is 2.32.